The van der Waals surface area contributed by atoms with Crippen molar-refractivity contribution >= 4 is 18.7 Å². The van der Waals surface area contributed by atoms with Gasteiger partial charge in [0.15, 0.2) is 0 Å². The van der Waals surface area contributed by atoms with E-state index < -0.39 is 0 Å². The molecule has 1 aromatic heterocycles. The van der Waals surface area contributed by atoms with Gasteiger partial charge >= 0.3 is 187 Å². The molecular weight excluding hydrogens is 415 g/mol. The monoisotopic (exact) mass is 452 g/mol. The Morgan fingerprint density at radius 2 is 1.94 bits per heavy atom. The molecule has 1 aliphatic rings. The minimum absolute atomic E-state index is 0.262. The molecule has 1 heterocycles. The number of hydrogen-bond donors (Lipinski definition) is 0. The molecule has 3 nitrogen and oxygen atoms in total. The molecule has 1 aliphatic carbocycles. The van der Waals surface area contributed by atoms with Crippen LogP contribution in [0.1, 0.15) is 83.2 Å². The van der Waals surface area contributed by atoms with Crippen LogP contribution in [0, 0.1) is 0 Å². The molecule has 0 spiro atoms. The maximum absolute atomic E-state index is 6.27. The number of rotatable bonds is 8. The molecule has 172 valence electrons. The smallest absolute Gasteiger partial charge is 0.0683 e. The van der Waals surface area contributed by atoms with E-state index in [1.807, 2.05) is 52.1 Å². The maximum atomic E-state index is 6.27. The van der Waals surface area contributed by atoms with Gasteiger partial charge in [-0.2, -0.15) is 0 Å². The third-order valence-electron chi connectivity index (χ3n) is 5.91. The summed E-state index contributed by atoms with van der Waals surface area (Å²) in [5.41, 5.74) is 3.74. The number of allylic oxidation sites excluding steroid dienone is 4. The van der Waals surface area contributed by atoms with Gasteiger partial charge in [-0.15, -0.1) is 0 Å². The second-order valence-electron chi connectivity index (χ2n) is 7.80. The van der Waals surface area contributed by atoms with E-state index >= 15 is 0 Å². The molecule has 0 aliphatic heterocycles. The summed E-state index contributed by atoms with van der Waals surface area (Å²) in [6, 6.07) is 6.21. The Balaban J connectivity index is 0.00000176. The normalized spacial score (nSPS) is 18.8. The molecular formula is C27H38BClN2O. The Kier molecular flexibility index (Phi) is 11.0. The Bertz CT molecular complexity index is 924. The van der Waals surface area contributed by atoms with Crippen molar-refractivity contribution < 1.29 is 4.74 Å². The molecule has 0 saturated heterocycles. The predicted octanol–water partition coefficient (Wildman–Crippen LogP) is 7.70. The fraction of sp³-hybridized carbons (Fsp3) is 0.481. The zero-order chi connectivity index (χ0) is 23.5. The molecule has 0 N–H and O–H groups in total. The average Bonchev–Trinajstić information content (AvgIpc) is 3.27. The second-order valence-corrected chi connectivity index (χ2v) is 8.24. The number of hydrogen-bond acceptors (Lipinski definition) is 2. The van der Waals surface area contributed by atoms with Crippen LogP contribution in [-0.4, -0.2) is 22.6 Å². The predicted molar refractivity (Wildman–Crippen MR) is 139 cm³/mol. The summed E-state index contributed by atoms with van der Waals surface area (Å²) >= 11 is 6.27. The van der Waals surface area contributed by atoms with Crippen molar-refractivity contribution in [3.8, 4) is 5.69 Å². The number of benzene rings is 1. The van der Waals surface area contributed by atoms with Gasteiger partial charge in [0, 0.05) is 0 Å². The van der Waals surface area contributed by atoms with E-state index in [2.05, 4.69) is 37.1 Å². The fourth-order valence-electron chi connectivity index (χ4n) is 4.27. The van der Waals surface area contributed by atoms with Crippen LogP contribution in [-0.2, 0) is 17.6 Å². The van der Waals surface area contributed by atoms with E-state index in [0.717, 1.165) is 49.3 Å². The first-order valence-electron chi connectivity index (χ1n) is 12.1. The Labute approximate surface area is 200 Å². The van der Waals surface area contributed by atoms with Gasteiger partial charge in [-0.25, -0.2) is 0 Å². The second kappa shape index (κ2) is 13.5. The van der Waals surface area contributed by atoms with Gasteiger partial charge in [0.05, 0.1) is 0 Å². The number of aryl methyl sites for hydroxylation is 2. The van der Waals surface area contributed by atoms with E-state index in [9.17, 15) is 0 Å². The number of aromatic nitrogens is 2. The molecule has 5 heteroatoms. The van der Waals surface area contributed by atoms with Crippen LogP contribution < -0.4 is 0 Å². The molecule has 0 unspecified atom stereocenters. The van der Waals surface area contributed by atoms with Crippen molar-refractivity contribution in [2.45, 2.75) is 85.2 Å². The summed E-state index contributed by atoms with van der Waals surface area (Å²) in [6.07, 6.45) is 14.1. The average molecular weight is 453 g/mol. The van der Waals surface area contributed by atoms with Crippen molar-refractivity contribution in [1.29, 1.82) is 0 Å². The van der Waals surface area contributed by atoms with Crippen LogP contribution in [0.5, 0.6) is 0 Å². The summed E-state index contributed by atoms with van der Waals surface area (Å²) in [7, 11) is 2.05. The molecule has 1 aromatic carbocycles. The maximum Gasteiger partial charge on any atom is -0.0683 e. The molecule has 1 saturated carbocycles. The zero-order valence-electron chi connectivity index (χ0n) is 20.4. The van der Waals surface area contributed by atoms with Crippen molar-refractivity contribution in [1.82, 2.24) is 9.46 Å². The molecule has 0 bridgehead atoms. The minimum Gasteiger partial charge on any atom is -0.0683 e. The molecule has 1 fully saturated rings. The molecule has 32 heavy (non-hydrogen) atoms. The molecule has 0 radical (unpaired) electrons. The van der Waals surface area contributed by atoms with Crippen molar-refractivity contribution in [3.63, 3.8) is 0 Å². The summed E-state index contributed by atoms with van der Waals surface area (Å²) in [6.45, 7) is 14.1. The molecule has 2 aromatic rings. The molecule has 0 amide bonds. The van der Waals surface area contributed by atoms with Gasteiger partial charge in [0.25, 0.3) is 0 Å². The fourth-order valence-corrected chi connectivity index (χ4v) is 4.47. The Morgan fingerprint density at radius 3 is 2.53 bits per heavy atom. The van der Waals surface area contributed by atoms with Crippen LogP contribution in [0.4, 0.5) is 0 Å². The molecule has 3 rings (SSSR count). The van der Waals surface area contributed by atoms with Crippen LogP contribution >= 0.6 is 11.6 Å². The minimum atomic E-state index is 0.262. The van der Waals surface area contributed by atoms with Crippen LogP contribution in [0.15, 0.2) is 54.8 Å². The van der Waals surface area contributed by atoms with Gasteiger partial charge < -0.3 is 0 Å². The first kappa shape index (κ1) is 26.2. The zero-order valence-corrected chi connectivity index (χ0v) is 21.2. The van der Waals surface area contributed by atoms with E-state index in [1.165, 1.54) is 22.7 Å². The summed E-state index contributed by atoms with van der Waals surface area (Å²) < 4.78 is 8.58. The summed E-state index contributed by atoms with van der Waals surface area (Å²) in [4.78, 5) is 4.88. The molecule has 0 atom stereocenters. The van der Waals surface area contributed by atoms with E-state index in [1.54, 1.807) is 6.08 Å². The van der Waals surface area contributed by atoms with Gasteiger partial charge in [0.2, 0.25) is 0 Å². The quantitative estimate of drug-likeness (QED) is 0.303. The first-order valence-corrected chi connectivity index (χ1v) is 12.5. The van der Waals surface area contributed by atoms with E-state index in [4.69, 9.17) is 21.2 Å². The van der Waals surface area contributed by atoms with Crippen LogP contribution in [0.3, 0.4) is 0 Å². The Hall–Kier alpha value is -2.07. The van der Waals surface area contributed by atoms with Crippen LogP contribution in [0.25, 0.3) is 5.69 Å². The van der Waals surface area contributed by atoms with Gasteiger partial charge in [-0.3, -0.25) is 0 Å². The third-order valence-corrected chi connectivity index (χ3v) is 6.15. The Morgan fingerprint density at radius 1 is 1.22 bits per heavy atom. The van der Waals surface area contributed by atoms with Crippen LogP contribution in [0.2, 0.25) is 5.02 Å². The van der Waals surface area contributed by atoms with Gasteiger partial charge in [-0.1, -0.05) is 13.8 Å². The number of halogens is 1. The van der Waals surface area contributed by atoms with Crippen molar-refractivity contribution in [3.05, 3.63) is 76.8 Å². The third kappa shape index (κ3) is 6.48. The number of ether oxygens (including phenoxy) is 1. The van der Waals surface area contributed by atoms with Gasteiger partial charge in [0.1, 0.15) is 0 Å². The van der Waals surface area contributed by atoms with Crippen molar-refractivity contribution in [2.75, 3.05) is 0 Å². The van der Waals surface area contributed by atoms with E-state index in [0.29, 0.717) is 5.92 Å². The topological polar surface area (TPSA) is 27.1 Å². The standard InChI is InChI=1S/C25H32BClN2O.C2H6/c1-5-9-10-21(7-3)30-22-14-11-19(12-15-22)25-28-26-24(8-4)29(25)23-16-13-20(27)17-18(23)6-2;1-2/h5,7,9-10,13,16-17,19,22H,1,6,8,11-12,14-15H2,2-4H3;1-2H3/b10-9-,21-7+;. The van der Waals surface area contributed by atoms with Gasteiger partial charge in [-0.05, 0) is 0 Å². The van der Waals surface area contributed by atoms with Crippen molar-refractivity contribution in [2.24, 2.45) is 0 Å². The summed E-state index contributed by atoms with van der Waals surface area (Å²) in [5.74, 6) is 2.55. The largest absolute Gasteiger partial charge is 0.0683 e. The SMILES string of the molecule is C=C/C=C\C(=C/C)OC1CCC(c2nbc(CC)n2-c2ccc(Cl)cc2CC)CC1.CC. The summed E-state index contributed by atoms with van der Waals surface area (Å²) in [5, 5.41) is 0.790. The van der Waals surface area contributed by atoms with E-state index in [-0.39, 0.29) is 6.10 Å². The first-order chi connectivity index (χ1) is 15.6. The number of nitrogens with zero attached hydrogens (tertiary/aromatic N) is 2.